The number of halogens is 1. The van der Waals surface area contributed by atoms with Crippen molar-refractivity contribution in [2.75, 3.05) is 7.05 Å². The number of rotatable bonds is 2. The molecule has 0 aliphatic carbocycles. The fraction of sp³-hybridized carbons (Fsp3) is 0.143. The minimum Gasteiger partial charge on any atom is -0.313 e. The normalized spacial score (nSPS) is 10.4. The summed E-state index contributed by atoms with van der Waals surface area (Å²) < 4.78 is 0. The van der Waals surface area contributed by atoms with Gasteiger partial charge in [0.05, 0.1) is 6.21 Å². The van der Waals surface area contributed by atoms with Crippen molar-refractivity contribution in [3.05, 3.63) is 29.0 Å². The van der Waals surface area contributed by atoms with Crippen LogP contribution in [-0.4, -0.2) is 18.2 Å². The molecule has 0 bridgehead atoms. The minimum atomic E-state index is 0.464. The van der Waals surface area contributed by atoms with Gasteiger partial charge in [0.25, 0.3) is 0 Å². The molecule has 58 valence electrons. The van der Waals surface area contributed by atoms with Gasteiger partial charge >= 0.3 is 0 Å². The lowest BCUT2D eigenvalue weighted by Gasteiger charge is -1.93. The van der Waals surface area contributed by atoms with Crippen LogP contribution in [0.4, 0.5) is 0 Å². The number of pyridine rings is 1. The molecule has 0 radical (unpaired) electrons. The summed E-state index contributed by atoms with van der Waals surface area (Å²) in [6.07, 6.45) is 3.26. The Morgan fingerprint density at radius 3 is 3.18 bits per heavy atom. The van der Waals surface area contributed by atoms with E-state index >= 15 is 0 Å². The molecular formula is C7H8ClN3. The van der Waals surface area contributed by atoms with E-state index in [4.69, 9.17) is 11.6 Å². The van der Waals surface area contributed by atoms with Gasteiger partial charge in [0.15, 0.2) is 0 Å². The van der Waals surface area contributed by atoms with Crippen LogP contribution in [0.25, 0.3) is 0 Å². The van der Waals surface area contributed by atoms with Crippen molar-refractivity contribution in [2.24, 2.45) is 5.10 Å². The van der Waals surface area contributed by atoms with Crippen molar-refractivity contribution < 1.29 is 0 Å². The average molecular weight is 170 g/mol. The van der Waals surface area contributed by atoms with Gasteiger partial charge in [0.2, 0.25) is 0 Å². The summed E-state index contributed by atoms with van der Waals surface area (Å²) in [5.74, 6) is 0. The van der Waals surface area contributed by atoms with Crippen molar-refractivity contribution in [1.82, 2.24) is 10.4 Å². The van der Waals surface area contributed by atoms with Gasteiger partial charge in [-0.2, -0.15) is 5.10 Å². The zero-order chi connectivity index (χ0) is 8.10. The van der Waals surface area contributed by atoms with Gasteiger partial charge in [-0.3, -0.25) is 0 Å². The van der Waals surface area contributed by atoms with Gasteiger partial charge < -0.3 is 5.43 Å². The third kappa shape index (κ3) is 2.20. The number of hydrogen-bond donors (Lipinski definition) is 1. The topological polar surface area (TPSA) is 37.3 Å². The lowest BCUT2D eigenvalue weighted by Crippen LogP contribution is -1.95. The molecule has 0 saturated carbocycles. The van der Waals surface area contributed by atoms with Crippen LogP contribution in [0.15, 0.2) is 23.4 Å². The number of hydrazone groups is 1. The van der Waals surface area contributed by atoms with Crippen molar-refractivity contribution in [1.29, 1.82) is 0 Å². The quantitative estimate of drug-likeness (QED) is 0.412. The minimum absolute atomic E-state index is 0.464. The molecule has 0 aliphatic heterocycles. The number of hydrogen-bond acceptors (Lipinski definition) is 3. The highest BCUT2D eigenvalue weighted by Gasteiger charge is 1.93. The van der Waals surface area contributed by atoms with Crippen molar-refractivity contribution in [3.63, 3.8) is 0 Å². The van der Waals surface area contributed by atoms with Crippen molar-refractivity contribution >= 4 is 17.8 Å². The van der Waals surface area contributed by atoms with E-state index in [-0.39, 0.29) is 0 Å². The summed E-state index contributed by atoms with van der Waals surface area (Å²) in [6.45, 7) is 0. The third-order valence-electron chi connectivity index (χ3n) is 1.12. The summed E-state index contributed by atoms with van der Waals surface area (Å²) in [4.78, 5) is 3.88. The Balaban J connectivity index is 2.86. The molecule has 1 rings (SSSR count). The van der Waals surface area contributed by atoms with Gasteiger partial charge in [-0.05, 0) is 12.1 Å². The fourth-order valence-electron chi connectivity index (χ4n) is 0.629. The summed E-state index contributed by atoms with van der Waals surface area (Å²) in [7, 11) is 1.72. The second-order valence-electron chi connectivity index (χ2n) is 1.87. The number of aromatic nitrogens is 1. The summed E-state index contributed by atoms with van der Waals surface area (Å²) in [5.41, 5.74) is 3.44. The van der Waals surface area contributed by atoms with Crippen LogP contribution in [0.5, 0.6) is 0 Å². The smallest absolute Gasteiger partial charge is 0.137 e. The molecular weight excluding hydrogens is 162 g/mol. The monoisotopic (exact) mass is 169 g/mol. The van der Waals surface area contributed by atoms with Gasteiger partial charge in [0.1, 0.15) is 5.15 Å². The first-order chi connectivity index (χ1) is 5.34. The number of nitrogens with zero attached hydrogens (tertiary/aromatic N) is 2. The van der Waals surface area contributed by atoms with Gasteiger partial charge in [-0.15, -0.1) is 0 Å². The lowest BCUT2D eigenvalue weighted by atomic mass is 10.3. The van der Waals surface area contributed by atoms with Crippen LogP contribution in [0.3, 0.4) is 0 Å². The maximum atomic E-state index is 5.73. The molecule has 0 aromatic carbocycles. The summed E-state index contributed by atoms with van der Waals surface area (Å²) in [6, 6.07) is 3.65. The highest BCUT2D eigenvalue weighted by Crippen LogP contribution is 2.07. The Bertz CT molecular complexity index is 260. The first kappa shape index (κ1) is 8.01. The molecule has 0 saturated heterocycles. The molecule has 11 heavy (non-hydrogen) atoms. The second kappa shape index (κ2) is 3.93. The van der Waals surface area contributed by atoms with Crippen molar-refractivity contribution in [3.8, 4) is 0 Å². The van der Waals surface area contributed by atoms with E-state index in [0.717, 1.165) is 5.56 Å². The van der Waals surface area contributed by atoms with E-state index in [1.807, 2.05) is 12.1 Å². The Morgan fingerprint density at radius 2 is 2.55 bits per heavy atom. The first-order valence-electron chi connectivity index (χ1n) is 3.15. The Labute approximate surface area is 70.1 Å². The van der Waals surface area contributed by atoms with E-state index in [2.05, 4.69) is 15.5 Å². The highest BCUT2D eigenvalue weighted by molar-refractivity contribution is 6.31. The molecule has 1 aromatic heterocycles. The standard InChI is InChI=1S/C7H8ClN3/c1-9-11-5-6-3-2-4-10-7(6)8/h2-5,9H,1H3/b11-5+. The average Bonchev–Trinajstić information content (AvgIpc) is 2.03. The maximum absolute atomic E-state index is 5.73. The molecule has 0 fully saturated rings. The fourth-order valence-corrected chi connectivity index (χ4v) is 0.797. The van der Waals surface area contributed by atoms with Crippen LogP contribution in [0.2, 0.25) is 5.15 Å². The molecule has 1 aromatic rings. The molecule has 1 N–H and O–H groups in total. The van der Waals surface area contributed by atoms with E-state index in [9.17, 15) is 0 Å². The Kier molecular flexibility index (Phi) is 2.86. The van der Waals surface area contributed by atoms with Gasteiger partial charge in [0, 0.05) is 18.8 Å². The Morgan fingerprint density at radius 1 is 1.73 bits per heavy atom. The molecule has 0 aliphatic rings. The first-order valence-corrected chi connectivity index (χ1v) is 3.52. The van der Waals surface area contributed by atoms with Crippen LogP contribution in [-0.2, 0) is 0 Å². The van der Waals surface area contributed by atoms with Crippen LogP contribution in [0, 0.1) is 0 Å². The van der Waals surface area contributed by atoms with E-state index in [1.54, 1.807) is 19.5 Å². The SMILES string of the molecule is CN/N=C/c1cccnc1Cl. The Hall–Kier alpha value is -1.09. The molecule has 0 unspecified atom stereocenters. The molecule has 3 nitrogen and oxygen atoms in total. The second-order valence-corrected chi connectivity index (χ2v) is 2.22. The molecule has 1 heterocycles. The zero-order valence-electron chi connectivity index (χ0n) is 6.08. The summed E-state index contributed by atoms with van der Waals surface area (Å²) >= 11 is 5.73. The maximum Gasteiger partial charge on any atom is 0.137 e. The predicted molar refractivity (Wildman–Crippen MR) is 45.9 cm³/mol. The van der Waals surface area contributed by atoms with Crippen LogP contribution < -0.4 is 5.43 Å². The molecule has 0 atom stereocenters. The predicted octanol–water partition coefficient (Wildman–Crippen LogP) is 1.29. The van der Waals surface area contributed by atoms with Crippen LogP contribution in [0.1, 0.15) is 5.56 Å². The zero-order valence-corrected chi connectivity index (χ0v) is 6.84. The summed E-state index contributed by atoms with van der Waals surface area (Å²) in [5, 5.41) is 4.27. The van der Waals surface area contributed by atoms with Gasteiger partial charge in [-0.1, -0.05) is 11.6 Å². The molecule has 0 spiro atoms. The largest absolute Gasteiger partial charge is 0.313 e. The molecule has 0 amide bonds. The highest BCUT2D eigenvalue weighted by atomic mass is 35.5. The van der Waals surface area contributed by atoms with E-state index in [1.165, 1.54) is 0 Å². The van der Waals surface area contributed by atoms with E-state index in [0.29, 0.717) is 5.15 Å². The number of nitrogens with one attached hydrogen (secondary N) is 1. The third-order valence-corrected chi connectivity index (χ3v) is 1.44. The van der Waals surface area contributed by atoms with E-state index < -0.39 is 0 Å². The molecule has 4 heteroatoms. The lowest BCUT2D eigenvalue weighted by molar-refractivity contribution is 0.908. The van der Waals surface area contributed by atoms with Gasteiger partial charge in [-0.25, -0.2) is 4.98 Å². The van der Waals surface area contributed by atoms with Crippen LogP contribution >= 0.6 is 11.6 Å². The van der Waals surface area contributed by atoms with Crippen molar-refractivity contribution in [2.45, 2.75) is 0 Å².